The standard InChI is InChI=1S/C24H12N4O3/c1-11(29)16-6-14-4-5-15-17(7-25)18(8-26)19(9-27)20(10-28)24(15)23(14)22(13(3)31)21(16)12(2)30/h4-6H,1-3H3. The zero-order chi connectivity index (χ0) is 23.0. The first-order valence-corrected chi connectivity index (χ1v) is 8.99. The Bertz CT molecular complexity index is 1550. The molecule has 0 aliphatic carbocycles. The van der Waals surface area contributed by atoms with Gasteiger partial charge < -0.3 is 0 Å². The van der Waals surface area contributed by atoms with Crippen LogP contribution in [0.4, 0.5) is 0 Å². The van der Waals surface area contributed by atoms with Gasteiger partial charge in [0.25, 0.3) is 0 Å². The van der Waals surface area contributed by atoms with E-state index < -0.39 is 17.3 Å². The van der Waals surface area contributed by atoms with Gasteiger partial charge in [-0.3, -0.25) is 14.4 Å². The quantitative estimate of drug-likeness (QED) is 0.472. The summed E-state index contributed by atoms with van der Waals surface area (Å²) in [6.45, 7) is 3.74. The molecule has 0 radical (unpaired) electrons. The lowest BCUT2D eigenvalue weighted by Crippen LogP contribution is -2.12. The van der Waals surface area contributed by atoms with E-state index in [1.807, 2.05) is 24.3 Å². The normalized spacial score (nSPS) is 10.0. The lowest BCUT2D eigenvalue weighted by Gasteiger charge is -2.17. The fourth-order valence-corrected chi connectivity index (χ4v) is 3.92. The third-order valence-electron chi connectivity index (χ3n) is 5.11. The molecule has 146 valence electrons. The average Bonchev–Trinajstić information content (AvgIpc) is 2.74. The van der Waals surface area contributed by atoms with E-state index in [1.54, 1.807) is 6.07 Å². The molecule has 0 fully saturated rings. The summed E-state index contributed by atoms with van der Waals surface area (Å²) in [6.07, 6.45) is 0. The molecular weight excluding hydrogens is 392 g/mol. The second kappa shape index (κ2) is 7.53. The van der Waals surface area contributed by atoms with Crippen LogP contribution >= 0.6 is 0 Å². The maximum atomic E-state index is 12.7. The van der Waals surface area contributed by atoms with Crippen molar-refractivity contribution in [3.8, 4) is 24.3 Å². The smallest absolute Gasteiger partial charge is 0.161 e. The predicted octanol–water partition coefficient (Wildman–Crippen LogP) is 4.09. The molecule has 0 heterocycles. The molecule has 7 heteroatoms. The average molecular weight is 404 g/mol. The van der Waals surface area contributed by atoms with Gasteiger partial charge in [0.15, 0.2) is 17.3 Å². The maximum absolute atomic E-state index is 12.7. The van der Waals surface area contributed by atoms with Crippen LogP contribution in [-0.4, -0.2) is 17.3 Å². The molecule has 3 aromatic carbocycles. The lowest BCUT2D eigenvalue weighted by atomic mass is 9.82. The summed E-state index contributed by atoms with van der Waals surface area (Å²) in [7, 11) is 0. The Morgan fingerprint density at radius 1 is 0.645 bits per heavy atom. The molecule has 0 amide bonds. The third kappa shape index (κ3) is 2.90. The van der Waals surface area contributed by atoms with E-state index in [4.69, 9.17) is 0 Å². The Hall–Kier alpha value is -4.85. The van der Waals surface area contributed by atoms with Crippen LogP contribution in [0, 0.1) is 45.3 Å². The van der Waals surface area contributed by atoms with Crippen LogP contribution in [0.25, 0.3) is 21.5 Å². The predicted molar refractivity (Wildman–Crippen MR) is 110 cm³/mol. The summed E-state index contributed by atoms with van der Waals surface area (Å²) >= 11 is 0. The maximum Gasteiger partial charge on any atom is 0.161 e. The summed E-state index contributed by atoms with van der Waals surface area (Å²) in [6, 6.07) is 11.9. The summed E-state index contributed by atoms with van der Waals surface area (Å²) in [5, 5.41) is 39.6. The van der Waals surface area contributed by atoms with Crippen molar-refractivity contribution in [2.24, 2.45) is 0 Å². The molecule has 0 N–H and O–H groups in total. The first-order chi connectivity index (χ1) is 14.7. The van der Waals surface area contributed by atoms with Gasteiger partial charge in [-0.15, -0.1) is 0 Å². The molecule has 31 heavy (non-hydrogen) atoms. The third-order valence-corrected chi connectivity index (χ3v) is 5.11. The van der Waals surface area contributed by atoms with Gasteiger partial charge in [-0.2, -0.15) is 21.0 Å². The van der Waals surface area contributed by atoms with Crippen LogP contribution < -0.4 is 0 Å². The molecule has 3 rings (SSSR count). The minimum atomic E-state index is -0.518. The van der Waals surface area contributed by atoms with Gasteiger partial charge in [0.1, 0.15) is 24.3 Å². The van der Waals surface area contributed by atoms with Gasteiger partial charge in [-0.05, 0) is 32.2 Å². The van der Waals surface area contributed by atoms with E-state index >= 15 is 0 Å². The second-order valence-corrected chi connectivity index (χ2v) is 6.88. The van der Waals surface area contributed by atoms with Crippen LogP contribution in [0.2, 0.25) is 0 Å². The Morgan fingerprint density at radius 2 is 1.16 bits per heavy atom. The summed E-state index contributed by atoms with van der Waals surface area (Å²) < 4.78 is 0. The van der Waals surface area contributed by atoms with E-state index in [2.05, 4.69) is 0 Å². The molecule has 0 saturated heterocycles. The number of Topliss-reactive ketones (excluding diaryl/α,β-unsaturated/α-hetero) is 3. The molecule has 3 aromatic rings. The van der Waals surface area contributed by atoms with Crippen molar-refractivity contribution < 1.29 is 14.4 Å². The number of carbonyl (C=O) groups excluding carboxylic acids is 3. The highest BCUT2D eigenvalue weighted by molar-refractivity contribution is 6.27. The topological polar surface area (TPSA) is 146 Å². The fraction of sp³-hybridized carbons (Fsp3) is 0.125. The number of nitrogens with zero attached hydrogens (tertiary/aromatic N) is 4. The van der Waals surface area contributed by atoms with Gasteiger partial charge in [0.05, 0.1) is 22.3 Å². The van der Waals surface area contributed by atoms with Gasteiger partial charge in [0, 0.05) is 32.8 Å². The van der Waals surface area contributed by atoms with Crippen LogP contribution in [0.1, 0.15) is 74.1 Å². The molecule has 0 aromatic heterocycles. The number of hydrogen-bond acceptors (Lipinski definition) is 7. The summed E-state index contributed by atoms with van der Waals surface area (Å²) in [5.74, 6) is -1.44. The number of nitriles is 4. The molecule has 0 spiro atoms. The fourth-order valence-electron chi connectivity index (χ4n) is 3.92. The van der Waals surface area contributed by atoms with E-state index in [0.717, 1.165) is 0 Å². The number of fused-ring (bicyclic) bond motifs is 3. The molecule has 0 aliphatic rings. The molecule has 0 aliphatic heterocycles. The molecule has 0 saturated carbocycles. The van der Waals surface area contributed by atoms with Crippen molar-refractivity contribution in [1.82, 2.24) is 0 Å². The first-order valence-electron chi connectivity index (χ1n) is 8.99. The minimum absolute atomic E-state index is 0.0604. The van der Waals surface area contributed by atoms with Crippen molar-refractivity contribution in [1.29, 1.82) is 21.0 Å². The minimum Gasteiger partial charge on any atom is -0.294 e. The first kappa shape index (κ1) is 20.9. The highest BCUT2D eigenvalue weighted by atomic mass is 16.1. The number of ketones is 3. The van der Waals surface area contributed by atoms with Gasteiger partial charge in [0.2, 0.25) is 0 Å². The van der Waals surface area contributed by atoms with E-state index in [1.165, 1.54) is 32.9 Å². The number of rotatable bonds is 3. The highest BCUT2D eigenvalue weighted by Gasteiger charge is 2.27. The molecular formula is C24H12N4O3. The number of carbonyl (C=O) groups is 3. The zero-order valence-electron chi connectivity index (χ0n) is 16.7. The lowest BCUT2D eigenvalue weighted by molar-refractivity contribution is 0.0969. The van der Waals surface area contributed by atoms with Crippen LogP contribution in [0.3, 0.4) is 0 Å². The zero-order valence-corrected chi connectivity index (χ0v) is 16.7. The van der Waals surface area contributed by atoms with Gasteiger partial charge in [-0.25, -0.2) is 0 Å². The van der Waals surface area contributed by atoms with E-state index in [0.29, 0.717) is 5.39 Å². The Labute approximate surface area is 176 Å². The largest absolute Gasteiger partial charge is 0.294 e. The Balaban J connectivity index is 2.89. The Kier molecular flexibility index (Phi) is 5.07. The van der Waals surface area contributed by atoms with Crippen molar-refractivity contribution in [3.63, 3.8) is 0 Å². The molecule has 0 atom stereocenters. The van der Waals surface area contributed by atoms with E-state index in [-0.39, 0.29) is 55.1 Å². The summed E-state index contributed by atoms with van der Waals surface area (Å²) in [4.78, 5) is 37.4. The van der Waals surface area contributed by atoms with Crippen molar-refractivity contribution >= 4 is 38.9 Å². The number of benzene rings is 3. The SMILES string of the molecule is CC(=O)c1cc2ccc3c(C#N)c(C#N)c(C#N)c(C#N)c3c2c(C(C)=O)c1C(C)=O. The van der Waals surface area contributed by atoms with Gasteiger partial charge >= 0.3 is 0 Å². The summed E-state index contributed by atoms with van der Waals surface area (Å²) in [5.41, 5.74) is -0.866. The Morgan fingerprint density at radius 3 is 1.61 bits per heavy atom. The van der Waals surface area contributed by atoms with E-state index in [9.17, 15) is 35.4 Å². The van der Waals surface area contributed by atoms with Crippen LogP contribution in [0.5, 0.6) is 0 Å². The second-order valence-electron chi connectivity index (χ2n) is 6.88. The molecule has 0 bridgehead atoms. The number of hydrogen-bond donors (Lipinski definition) is 0. The van der Waals surface area contributed by atoms with Crippen molar-refractivity contribution in [2.45, 2.75) is 20.8 Å². The van der Waals surface area contributed by atoms with Crippen molar-refractivity contribution in [2.75, 3.05) is 0 Å². The highest BCUT2D eigenvalue weighted by Crippen LogP contribution is 2.39. The monoisotopic (exact) mass is 404 g/mol. The van der Waals surface area contributed by atoms with Gasteiger partial charge in [-0.1, -0.05) is 12.1 Å². The van der Waals surface area contributed by atoms with Crippen molar-refractivity contribution in [3.05, 3.63) is 57.1 Å². The van der Waals surface area contributed by atoms with Crippen LogP contribution in [0.15, 0.2) is 18.2 Å². The molecule has 0 unspecified atom stereocenters. The van der Waals surface area contributed by atoms with Crippen LogP contribution in [-0.2, 0) is 0 Å². The molecule has 7 nitrogen and oxygen atoms in total.